The summed E-state index contributed by atoms with van der Waals surface area (Å²) in [5.41, 5.74) is 2.03. The maximum absolute atomic E-state index is 11.5. The Balaban J connectivity index is 0.000000268. The van der Waals surface area contributed by atoms with Crippen LogP contribution in [0.25, 0.3) is 0 Å². The number of rotatable bonds is 3. The van der Waals surface area contributed by atoms with E-state index in [2.05, 4.69) is 44.5 Å². The molecule has 0 radical (unpaired) electrons. The van der Waals surface area contributed by atoms with Crippen LogP contribution in [0.15, 0.2) is 43.0 Å². The first-order valence-electron chi connectivity index (χ1n) is 9.57. The standard InChI is InChI=1S/C11H13N3.C9H18N2O2.CH2O/c1-12-11-4-2-3-10(7-11)8-14-6-5-13-9-14;1-9(2,3)13-8(12)11-6-4-10-5-7-11;1-2/h2-7,9,12H,8H2,1H3;10H,4-7H2,1-3H3;1H2. The van der Waals surface area contributed by atoms with Crippen LogP contribution in [-0.2, 0) is 16.1 Å². The third-order valence-electron chi connectivity index (χ3n) is 3.91. The van der Waals surface area contributed by atoms with Crippen molar-refractivity contribution in [3.05, 3.63) is 48.5 Å². The van der Waals surface area contributed by atoms with Crippen molar-refractivity contribution in [1.29, 1.82) is 0 Å². The Bertz CT molecular complexity index is 707. The summed E-state index contributed by atoms with van der Waals surface area (Å²) in [6.07, 6.45) is 5.38. The Morgan fingerprint density at radius 2 is 1.97 bits per heavy atom. The van der Waals surface area contributed by atoms with Gasteiger partial charge in [0.05, 0.1) is 6.33 Å². The van der Waals surface area contributed by atoms with Gasteiger partial charge >= 0.3 is 6.09 Å². The van der Waals surface area contributed by atoms with E-state index in [9.17, 15) is 4.79 Å². The van der Waals surface area contributed by atoms with Gasteiger partial charge < -0.3 is 29.6 Å². The summed E-state index contributed by atoms with van der Waals surface area (Å²) in [4.78, 5) is 25.2. The number of imidazole rings is 1. The summed E-state index contributed by atoms with van der Waals surface area (Å²) < 4.78 is 7.29. The zero-order valence-electron chi connectivity index (χ0n) is 17.9. The Labute approximate surface area is 173 Å². The monoisotopic (exact) mass is 403 g/mol. The molecule has 2 heterocycles. The quantitative estimate of drug-likeness (QED) is 0.819. The minimum Gasteiger partial charge on any atom is -0.444 e. The second-order valence-electron chi connectivity index (χ2n) is 7.40. The van der Waals surface area contributed by atoms with Gasteiger partial charge in [0.2, 0.25) is 0 Å². The molecule has 2 N–H and O–H groups in total. The molecule has 0 saturated carbocycles. The van der Waals surface area contributed by atoms with Crippen molar-refractivity contribution in [1.82, 2.24) is 19.8 Å². The van der Waals surface area contributed by atoms with Crippen molar-refractivity contribution in [3.63, 3.8) is 0 Å². The summed E-state index contributed by atoms with van der Waals surface area (Å²) in [5, 5.41) is 6.31. The van der Waals surface area contributed by atoms with Crippen molar-refractivity contribution >= 4 is 18.6 Å². The summed E-state index contributed by atoms with van der Waals surface area (Å²) in [5.74, 6) is 0. The average molecular weight is 404 g/mol. The lowest BCUT2D eigenvalue weighted by Gasteiger charge is -2.30. The molecular formula is C21H33N5O3. The number of amides is 1. The average Bonchev–Trinajstić information content (AvgIpc) is 3.22. The minimum absolute atomic E-state index is 0.200. The largest absolute Gasteiger partial charge is 0.444 e. The third-order valence-corrected chi connectivity index (χ3v) is 3.91. The fraction of sp³-hybridized carbons (Fsp3) is 0.476. The fourth-order valence-electron chi connectivity index (χ4n) is 2.59. The summed E-state index contributed by atoms with van der Waals surface area (Å²) in [6.45, 7) is 11.7. The Hall–Kier alpha value is -2.87. The molecule has 0 unspecified atom stereocenters. The number of benzene rings is 1. The van der Waals surface area contributed by atoms with Crippen LogP contribution in [-0.4, -0.2) is 66.2 Å². The molecule has 8 nitrogen and oxygen atoms in total. The maximum atomic E-state index is 11.5. The lowest BCUT2D eigenvalue weighted by atomic mass is 10.2. The molecule has 0 atom stereocenters. The van der Waals surface area contributed by atoms with Crippen LogP contribution in [0.4, 0.5) is 10.5 Å². The SMILES string of the molecule is C=O.CC(C)(C)OC(=O)N1CCNCC1.CNc1cccc(Cn2ccnc2)c1. The van der Waals surface area contributed by atoms with Gasteiger partial charge in [0.1, 0.15) is 12.4 Å². The van der Waals surface area contributed by atoms with E-state index in [0.717, 1.165) is 38.4 Å². The molecular weight excluding hydrogens is 370 g/mol. The molecule has 1 aliphatic rings. The normalized spacial score (nSPS) is 13.3. The number of ether oxygens (including phenoxy) is 1. The van der Waals surface area contributed by atoms with Gasteiger partial charge in [-0.2, -0.15) is 0 Å². The molecule has 160 valence electrons. The van der Waals surface area contributed by atoms with Gasteiger partial charge in [0.25, 0.3) is 0 Å². The predicted octanol–water partition coefficient (Wildman–Crippen LogP) is 2.61. The Morgan fingerprint density at radius 1 is 1.28 bits per heavy atom. The van der Waals surface area contributed by atoms with Gasteiger partial charge in [-0.15, -0.1) is 0 Å². The lowest BCUT2D eigenvalue weighted by Crippen LogP contribution is -2.48. The van der Waals surface area contributed by atoms with Crippen molar-refractivity contribution < 1.29 is 14.3 Å². The highest BCUT2D eigenvalue weighted by Crippen LogP contribution is 2.11. The number of nitrogens with one attached hydrogen (secondary N) is 2. The Kier molecular flexibility index (Phi) is 10.5. The van der Waals surface area contributed by atoms with Gasteiger partial charge in [0.15, 0.2) is 0 Å². The molecule has 8 heteroatoms. The molecule has 3 rings (SSSR count). The van der Waals surface area contributed by atoms with Crippen LogP contribution < -0.4 is 10.6 Å². The fourth-order valence-corrected chi connectivity index (χ4v) is 2.59. The van der Waals surface area contributed by atoms with E-state index in [0.29, 0.717) is 0 Å². The second kappa shape index (κ2) is 12.6. The van der Waals surface area contributed by atoms with E-state index >= 15 is 0 Å². The van der Waals surface area contributed by atoms with E-state index in [1.165, 1.54) is 5.56 Å². The molecule has 2 aromatic rings. The van der Waals surface area contributed by atoms with Gasteiger partial charge in [-0.25, -0.2) is 9.78 Å². The molecule has 0 bridgehead atoms. The van der Waals surface area contributed by atoms with Crippen LogP contribution >= 0.6 is 0 Å². The van der Waals surface area contributed by atoms with Crippen molar-refractivity contribution in [2.24, 2.45) is 0 Å². The van der Waals surface area contributed by atoms with Gasteiger partial charge in [0, 0.05) is 57.9 Å². The van der Waals surface area contributed by atoms with E-state index < -0.39 is 0 Å². The number of anilines is 1. The summed E-state index contributed by atoms with van der Waals surface area (Å²) >= 11 is 0. The van der Waals surface area contributed by atoms with Crippen LogP contribution in [0, 0.1) is 0 Å². The topological polar surface area (TPSA) is 88.5 Å². The third kappa shape index (κ3) is 9.75. The first-order chi connectivity index (χ1) is 13.9. The number of hydrogen-bond acceptors (Lipinski definition) is 6. The maximum Gasteiger partial charge on any atom is 0.410 e. The van der Waals surface area contributed by atoms with Crippen LogP contribution in [0.1, 0.15) is 26.3 Å². The molecule has 0 spiro atoms. The first-order valence-corrected chi connectivity index (χ1v) is 9.57. The lowest BCUT2D eigenvalue weighted by molar-refractivity contribution is -0.0980. The van der Waals surface area contributed by atoms with E-state index in [1.54, 1.807) is 11.1 Å². The highest BCUT2D eigenvalue weighted by molar-refractivity contribution is 5.68. The molecule has 1 fully saturated rings. The number of carbonyl (C=O) groups is 2. The van der Waals surface area contributed by atoms with Crippen LogP contribution in [0.2, 0.25) is 0 Å². The van der Waals surface area contributed by atoms with E-state index in [-0.39, 0.29) is 11.7 Å². The Morgan fingerprint density at radius 3 is 2.52 bits per heavy atom. The first kappa shape index (κ1) is 24.2. The number of nitrogens with zero attached hydrogens (tertiary/aromatic N) is 3. The molecule has 1 aromatic carbocycles. The van der Waals surface area contributed by atoms with Crippen molar-refractivity contribution in [3.8, 4) is 0 Å². The minimum atomic E-state index is -0.387. The summed E-state index contributed by atoms with van der Waals surface area (Å²) in [7, 11) is 1.93. The molecule has 1 aromatic heterocycles. The van der Waals surface area contributed by atoms with E-state index in [4.69, 9.17) is 9.53 Å². The summed E-state index contributed by atoms with van der Waals surface area (Å²) in [6, 6.07) is 8.36. The van der Waals surface area contributed by atoms with Crippen LogP contribution in [0.3, 0.4) is 0 Å². The number of carbonyl (C=O) groups excluding carboxylic acids is 2. The van der Waals surface area contributed by atoms with Crippen molar-refractivity contribution in [2.45, 2.75) is 32.9 Å². The van der Waals surface area contributed by atoms with Gasteiger partial charge in [-0.3, -0.25) is 0 Å². The number of aromatic nitrogens is 2. The molecule has 1 amide bonds. The highest BCUT2D eigenvalue weighted by Gasteiger charge is 2.22. The molecule has 1 aliphatic heterocycles. The molecule has 0 aliphatic carbocycles. The zero-order valence-corrected chi connectivity index (χ0v) is 17.9. The van der Waals surface area contributed by atoms with Crippen LogP contribution in [0.5, 0.6) is 0 Å². The highest BCUT2D eigenvalue weighted by atomic mass is 16.6. The van der Waals surface area contributed by atoms with Gasteiger partial charge in [-0.05, 0) is 38.5 Å². The number of hydrogen-bond donors (Lipinski definition) is 2. The second-order valence-corrected chi connectivity index (χ2v) is 7.40. The number of piperazine rings is 1. The molecule has 1 saturated heterocycles. The smallest absolute Gasteiger partial charge is 0.410 e. The van der Waals surface area contributed by atoms with Crippen molar-refractivity contribution in [2.75, 3.05) is 38.5 Å². The molecule has 29 heavy (non-hydrogen) atoms. The van der Waals surface area contributed by atoms with E-state index in [1.807, 2.05) is 47.1 Å². The predicted molar refractivity (Wildman–Crippen MR) is 115 cm³/mol. The zero-order chi connectivity index (χ0) is 21.7. The van der Waals surface area contributed by atoms with Gasteiger partial charge in [-0.1, -0.05) is 12.1 Å².